The van der Waals surface area contributed by atoms with Crippen LogP contribution in [-0.4, -0.2) is 11.9 Å². The molecule has 0 aliphatic carbocycles. The third-order valence-corrected chi connectivity index (χ3v) is 3.16. The van der Waals surface area contributed by atoms with Crippen LogP contribution in [0.2, 0.25) is 5.02 Å². The number of benzene rings is 2. The SMILES string of the molecule is Cc1ccc(C(=O)[C@H](C)ONc2ccc(Cl)cc2)cc1. The zero-order chi connectivity index (χ0) is 14.5. The molecule has 4 heteroatoms. The molecule has 2 rings (SSSR count). The smallest absolute Gasteiger partial charge is 0.193 e. The highest BCUT2D eigenvalue weighted by molar-refractivity contribution is 6.30. The first kappa shape index (κ1) is 14.6. The lowest BCUT2D eigenvalue weighted by atomic mass is 10.1. The summed E-state index contributed by atoms with van der Waals surface area (Å²) in [5.41, 5.74) is 5.26. The summed E-state index contributed by atoms with van der Waals surface area (Å²) in [7, 11) is 0. The summed E-state index contributed by atoms with van der Waals surface area (Å²) < 4.78 is 0. The van der Waals surface area contributed by atoms with Gasteiger partial charge in [0.1, 0.15) is 6.10 Å². The van der Waals surface area contributed by atoms with E-state index >= 15 is 0 Å². The minimum atomic E-state index is -0.576. The summed E-state index contributed by atoms with van der Waals surface area (Å²) in [6.07, 6.45) is -0.576. The normalized spacial score (nSPS) is 11.9. The van der Waals surface area contributed by atoms with Crippen molar-refractivity contribution in [3.05, 3.63) is 64.7 Å². The molecule has 1 N–H and O–H groups in total. The number of halogens is 1. The lowest BCUT2D eigenvalue weighted by molar-refractivity contribution is 0.0648. The molecule has 20 heavy (non-hydrogen) atoms. The van der Waals surface area contributed by atoms with Crippen LogP contribution in [-0.2, 0) is 4.84 Å². The largest absolute Gasteiger partial charge is 0.291 e. The molecule has 0 heterocycles. The van der Waals surface area contributed by atoms with Gasteiger partial charge in [0, 0.05) is 10.6 Å². The van der Waals surface area contributed by atoms with E-state index in [9.17, 15) is 4.79 Å². The van der Waals surface area contributed by atoms with Crippen LogP contribution in [0.25, 0.3) is 0 Å². The Morgan fingerprint density at radius 1 is 1.10 bits per heavy atom. The molecule has 0 aromatic heterocycles. The number of rotatable bonds is 5. The second-order valence-corrected chi connectivity index (χ2v) is 5.04. The van der Waals surface area contributed by atoms with Gasteiger partial charge >= 0.3 is 0 Å². The van der Waals surface area contributed by atoms with Gasteiger partial charge in [0.2, 0.25) is 0 Å². The number of carbonyl (C=O) groups excluding carboxylic acids is 1. The lowest BCUT2D eigenvalue weighted by Crippen LogP contribution is -2.23. The van der Waals surface area contributed by atoms with Crippen molar-refractivity contribution in [2.45, 2.75) is 20.0 Å². The van der Waals surface area contributed by atoms with Gasteiger partial charge in [-0.25, -0.2) is 0 Å². The predicted octanol–water partition coefficient (Wildman–Crippen LogP) is 4.26. The van der Waals surface area contributed by atoms with Gasteiger partial charge in [0.15, 0.2) is 5.78 Å². The predicted molar refractivity (Wildman–Crippen MR) is 81.1 cm³/mol. The number of aryl methyl sites for hydroxylation is 1. The van der Waals surface area contributed by atoms with Gasteiger partial charge in [-0.1, -0.05) is 41.4 Å². The minimum Gasteiger partial charge on any atom is -0.291 e. The maximum absolute atomic E-state index is 12.1. The van der Waals surface area contributed by atoms with Gasteiger partial charge in [-0.3, -0.25) is 15.1 Å². The molecule has 0 unspecified atom stereocenters. The molecule has 3 nitrogen and oxygen atoms in total. The minimum absolute atomic E-state index is 0.0635. The summed E-state index contributed by atoms with van der Waals surface area (Å²) in [6, 6.07) is 14.5. The van der Waals surface area contributed by atoms with Crippen molar-refractivity contribution >= 4 is 23.1 Å². The van der Waals surface area contributed by atoms with Crippen LogP contribution in [0.3, 0.4) is 0 Å². The molecule has 2 aromatic carbocycles. The summed E-state index contributed by atoms with van der Waals surface area (Å²) in [5.74, 6) is -0.0635. The van der Waals surface area contributed by atoms with Gasteiger partial charge in [-0.15, -0.1) is 0 Å². The quantitative estimate of drug-likeness (QED) is 0.660. The second kappa shape index (κ2) is 6.55. The number of anilines is 1. The highest BCUT2D eigenvalue weighted by atomic mass is 35.5. The highest BCUT2D eigenvalue weighted by Gasteiger charge is 2.16. The molecule has 104 valence electrons. The fraction of sp³-hybridized carbons (Fsp3) is 0.188. The van der Waals surface area contributed by atoms with Gasteiger partial charge in [-0.2, -0.15) is 0 Å². The van der Waals surface area contributed by atoms with Gasteiger partial charge in [0.25, 0.3) is 0 Å². The molecule has 0 radical (unpaired) electrons. The molecular weight excluding hydrogens is 274 g/mol. The maximum Gasteiger partial charge on any atom is 0.193 e. The lowest BCUT2D eigenvalue weighted by Gasteiger charge is -2.13. The summed E-state index contributed by atoms with van der Waals surface area (Å²) in [4.78, 5) is 17.5. The third kappa shape index (κ3) is 3.83. The van der Waals surface area contributed by atoms with Gasteiger partial charge in [0.05, 0.1) is 5.69 Å². The van der Waals surface area contributed by atoms with E-state index in [1.165, 1.54) is 0 Å². The molecule has 2 aromatic rings. The first-order valence-corrected chi connectivity index (χ1v) is 6.72. The van der Waals surface area contributed by atoms with Crippen LogP contribution in [0, 0.1) is 6.92 Å². The molecule has 0 aliphatic rings. The molecule has 0 aliphatic heterocycles. The number of ketones is 1. The molecule has 0 spiro atoms. The van der Waals surface area contributed by atoms with E-state index in [2.05, 4.69) is 5.48 Å². The average Bonchev–Trinajstić information content (AvgIpc) is 2.46. The Hall–Kier alpha value is -1.84. The number of nitrogens with one attached hydrogen (secondary N) is 1. The van der Waals surface area contributed by atoms with E-state index < -0.39 is 6.10 Å². The van der Waals surface area contributed by atoms with Crippen LogP contribution in [0.5, 0.6) is 0 Å². The molecule has 1 atom stereocenters. The molecule has 0 amide bonds. The zero-order valence-electron chi connectivity index (χ0n) is 11.4. The summed E-state index contributed by atoms with van der Waals surface area (Å²) in [6.45, 7) is 3.70. The number of carbonyl (C=O) groups is 1. The summed E-state index contributed by atoms with van der Waals surface area (Å²) >= 11 is 5.79. The van der Waals surface area contributed by atoms with Crippen LogP contribution < -0.4 is 5.48 Å². The number of hydrogen-bond acceptors (Lipinski definition) is 3. The van der Waals surface area contributed by atoms with Gasteiger partial charge in [-0.05, 0) is 38.1 Å². The maximum atomic E-state index is 12.1. The summed E-state index contributed by atoms with van der Waals surface area (Å²) in [5, 5.41) is 0.652. The van der Waals surface area contributed by atoms with Crippen molar-refractivity contribution in [3.8, 4) is 0 Å². The second-order valence-electron chi connectivity index (χ2n) is 4.60. The number of hydrogen-bond donors (Lipinski definition) is 1. The molecule has 0 bridgehead atoms. The molecule has 0 fully saturated rings. The monoisotopic (exact) mass is 289 g/mol. The Bertz CT molecular complexity index is 578. The Morgan fingerprint density at radius 2 is 1.70 bits per heavy atom. The molecule has 0 saturated heterocycles. The Balaban J connectivity index is 1.94. The van der Waals surface area contributed by atoms with Gasteiger partial charge < -0.3 is 0 Å². The standard InChI is InChI=1S/C16H16ClNO2/c1-11-3-5-13(6-4-11)16(19)12(2)20-18-15-9-7-14(17)8-10-15/h3-10,12,18H,1-2H3/t12-/m0/s1. The van der Waals surface area contributed by atoms with Crippen molar-refractivity contribution < 1.29 is 9.63 Å². The van der Waals surface area contributed by atoms with Crippen molar-refractivity contribution in [3.63, 3.8) is 0 Å². The van der Waals surface area contributed by atoms with Crippen molar-refractivity contribution in [1.82, 2.24) is 0 Å². The average molecular weight is 290 g/mol. The first-order valence-electron chi connectivity index (χ1n) is 6.34. The van der Waals surface area contributed by atoms with Crippen molar-refractivity contribution in [2.24, 2.45) is 0 Å². The zero-order valence-corrected chi connectivity index (χ0v) is 12.1. The topological polar surface area (TPSA) is 38.3 Å². The third-order valence-electron chi connectivity index (χ3n) is 2.90. The Labute approximate surface area is 123 Å². The molecular formula is C16H16ClNO2. The van der Waals surface area contributed by atoms with Crippen LogP contribution >= 0.6 is 11.6 Å². The van der Waals surface area contributed by atoms with E-state index in [1.807, 2.05) is 19.1 Å². The van der Waals surface area contributed by atoms with E-state index in [-0.39, 0.29) is 5.78 Å². The van der Waals surface area contributed by atoms with E-state index in [0.29, 0.717) is 10.6 Å². The van der Waals surface area contributed by atoms with E-state index in [4.69, 9.17) is 16.4 Å². The first-order chi connectivity index (χ1) is 9.56. The Kier molecular flexibility index (Phi) is 4.77. The Morgan fingerprint density at radius 3 is 2.30 bits per heavy atom. The number of Topliss-reactive ketones (excluding diaryl/α,β-unsaturated/α-hetero) is 1. The van der Waals surface area contributed by atoms with E-state index in [1.54, 1.807) is 43.3 Å². The van der Waals surface area contributed by atoms with Crippen LogP contribution in [0.4, 0.5) is 5.69 Å². The molecule has 0 saturated carbocycles. The van der Waals surface area contributed by atoms with Crippen molar-refractivity contribution in [1.29, 1.82) is 0 Å². The van der Waals surface area contributed by atoms with Crippen molar-refractivity contribution in [2.75, 3.05) is 5.48 Å². The van der Waals surface area contributed by atoms with Crippen LogP contribution in [0.1, 0.15) is 22.8 Å². The van der Waals surface area contributed by atoms with Crippen LogP contribution in [0.15, 0.2) is 48.5 Å². The fourth-order valence-corrected chi connectivity index (χ4v) is 1.81. The highest BCUT2D eigenvalue weighted by Crippen LogP contribution is 2.14. The van der Waals surface area contributed by atoms with E-state index in [0.717, 1.165) is 11.3 Å². The fourth-order valence-electron chi connectivity index (χ4n) is 1.68.